The zero-order chi connectivity index (χ0) is 31.2. The molecule has 0 bridgehead atoms. The number of halogens is 5. The van der Waals surface area contributed by atoms with Crippen LogP contribution in [0.15, 0.2) is 42.5 Å². The van der Waals surface area contributed by atoms with Gasteiger partial charge in [-0.3, -0.25) is 13.9 Å². The average Bonchev–Trinajstić information content (AvgIpc) is 3.39. The lowest BCUT2D eigenvalue weighted by molar-refractivity contribution is -0.137. The SMILES string of the molecule is Cc1cccc(Cl)c1Nc1nc2c3c(c(C(=O)Nc4cc(C(F)(F)F)ccc4F)cc2[nH]1)OC(C)(C)C3.O=S(=O)(O)O. The van der Waals surface area contributed by atoms with Crippen LogP contribution in [0.5, 0.6) is 5.75 Å². The second-order valence-corrected chi connectivity index (χ2v) is 11.2. The van der Waals surface area contributed by atoms with Crippen molar-refractivity contribution in [3.8, 4) is 5.75 Å². The van der Waals surface area contributed by atoms with Gasteiger partial charge in [0.15, 0.2) is 0 Å². The first-order valence-corrected chi connectivity index (χ1v) is 13.7. The van der Waals surface area contributed by atoms with E-state index in [1.165, 1.54) is 6.07 Å². The second-order valence-electron chi connectivity index (χ2n) is 9.90. The Labute approximate surface area is 241 Å². The van der Waals surface area contributed by atoms with Crippen LogP contribution in [0.3, 0.4) is 0 Å². The molecule has 5 rings (SSSR count). The van der Waals surface area contributed by atoms with E-state index in [-0.39, 0.29) is 11.3 Å². The van der Waals surface area contributed by atoms with E-state index in [4.69, 9.17) is 33.9 Å². The fourth-order valence-corrected chi connectivity index (χ4v) is 4.61. The van der Waals surface area contributed by atoms with E-state index in [0.717, 1.165) is 5.56 Å². The lowest BCUT2D eigenvalue weighted by Crippen LogP contribution is -2.25. The van der Waals surface area contributed by atoms with Gasteiger partial charge in [0.1, 0.15) is 17.2 Å². The maximum Gasteiger partial charge on any atom is 0.416 e. The Kier molecular flexibility index (Phi) is 8.17. The van der Waals surface area contributed by atoms with E-state index in [9.17, 15) is 22.4 Å². The second kappa shape index (κ2) is 11.1. The number of ether oxygens (including phenoxy) is 1. The van der Waals surface area contributed by atoms with Gasteiger partial charge in [-0.25, -0.2) is 9.37 Å². The molecule has 10 nitrogen and oxygen atoms in total. The molecule has 3 aromatic carbocycles. The smallest absolute Gasteiger partial charge is 0.416 e. The average molecular weight is 631 g/mol. The number of amides is 1. The van der Waals surface area contributed by atoms with E-state index in [1.54, 1.807) is 6.07 Å². The van der Waals surface area contributed by atoms with Crippen molar-refractivity contribution in [1.82, 2.24) is 9.97 Å². The molecule has 5 N–H and O–H groups in total. The number of hydrogen-bond acceptors (Lipinski definition) is 6. The normalized spacial score (nSPS) is 14.0. The predicted molar refractivity (Wildman–Crippen MR) is 148 cm³/mol. The number of para-hydroxylation sites is 1. The molecule has 224 valence electrons. The minimum absolute atomic E-state index is 0.0361. The summed E-state index contributed by atoms with van der Waals surface area (Å²) in [7, 11) is -4.67. The number of fused-ring (bicyclic) bond motifs is 3. The van der Waals surface area contributed by atoms with E-state index in [0.29, 0.717) is 57.9 Å². The summed E-state index contributed by atoms with van der Waals surface area (Å²) in [5, 5.41) is 5.92. The monoisotopic (exact) mass is 630 g/mol. The number of aryl methyl sites for hydroxylation is 1. The van der Waals surface area contributed by atoms with Crippen molar-refractivity contribution in [2.24, 2.45) is 0 Å². The van der Waals surface area contributed by atoms with E-state index in [1.807, 2.05) is 32.9 Å². The lowest BCUT2D eigenvalue weighted by atomic mass is 9.98. The largest absolute Gasteiger partial charge is 0.486 e. The Hall–Kier alpha value is -3.92. The Morgan fingerprint density at radius 2 is 1.83 bits per heavy atom. The van der Waals surface area contributed by atoms with Crippen LogP contribution in [0.1, 0.15) is 40.9 Å². The summed E-state index contributed by atoms with van der Waals surface area (Å²) in [6, 6.07) is 8.76. The number of imidazole rings is 1. The summed E-state index contributed by atoms with van der Waals surface area (Å²) in [6.07, 6.45) is -4.27. The summed E-state index contributed by atoms with van der Waals surface area (Å²) >= 11 is 6.33. The molecule has 42 heavy (non-hydrogen) atoms. The van der Waals surface area contributed by atoms with Crippen molar-refractivity contribution in [3.63, 3.8) is 0 Å². The molecule has 0 spiro atoms. The summed E-state index contributed by atoms with van der Waals surface area (Å²) < 4.78 is 91.3. The minimum Gasteiger partial charge on any atom is -0.486 e. The number of aromatic nitrogens is 2. The number of aromatic amines is 1. The van der Waals surface area contributed by atoms with Gasteiger partial charge in [-0.1, -0.05) is 23.7 Å². The lowest BCUT2D eigenvalue weighted by Gasteiger charge is -2.18. The third-order valence-electron chi connectivity index (χ3n) is 6.06. The highest BCUT2D eigenvalue weighted by atomic mass is 35.5. The number of H-pyrrole nitrogens is 1. The number of anilines is 3. The van der Waals surface area contributed by atoms with Gasteiger partial charge in [-0.05, 0) is 56.7 Å². The number of nitrogens with one attached hydrogen (secondary N) is 3. The van der Waals surface area contributed by atoms with Crippen LogP contribution in [-0.2, 0) is 23.0 Å². The van der Waals surface area contributed by atoms with E-state index >= 15 is 0 Å². The van der Waals surface area contributed by atoms with Crippen molar-refractivity contribution in [2.75, 3.05) is 10.6 Å². The number of rotatable bonds is 4. The molecular weight excluding hydrogens is 608 g/mol. The highest BCUT2D eigenvalue weighted by Gasteiger charge is 2.37. The van der Waals surface area contributed by atoms with Gasteiger partial charge in [-0.2, -0.15) is 21.6 Å². The fourth-order valence-electron chi connectivity index (χ4n) is 4.34. The molecule has 1 aliphatic heterocycles. The molecular formula is C26H23ClF4N4O6S. The van der Waals surface area contributed by atoms with Gasteiger partial charge in [0.25, 0.3) is 5.91 Å². The molecule has 1 amide bonds. The molecule has 0 unspecified atom stereocenters. The highest BCUT2D eigenvalue weighted by molar-refractivity contribution is 7.79. The Balaban J connectivity index is 0.000000748. The van der Waals surface area contributed by atoms with Gasteiger partial charge in [0, 0.05) is 12.0 Å². The first-order chi connectivity index (χ1) is 19.3. The molecule has 4 aromatic rings. The number of hydrogen-bond donors (Lipinski definition) is 5. The van der Waals surface area contributed by atoms with Crippen LogP contribution < -0.4 is 15.4 Å². The number of benzene rings is 3. The summed E-state index contributed by atoms with van der Waals surface area (Å²) in [5.74, 6) is -1.20. The van der Waals surface area contributed by atoms with Crippen LogP contribution in [-0.4, -0.2) is 39.0 Å². The summed E-state index contributed by atoms with van der Waals surface area (Å²) in [4.78, 5) is 21.0. The van der Waals surface area contributed by atoms with Crippen molar-refractivity contribution in [1.29, 1.82) is 0 Å². The molecule has 0 fully saturated rings. The van der Waals surface area contributed by atoms with E-state index in [2.05, 4.69) is 20.6 Å². The van der Waals surface area contributed by atoms with Crippen LogP contribution in [0.25, 0.3) is 11.0 Å². The van der Waals surface area contributed by atoms with Crippen LogP contribution >= 0.6 is 11.6 Å². The third kappa shape index (κ3) is 7.10. The number of alkyl halides is 3. The van der Waals surface area contributed by atoms with Gasteiger partial charge in [0.2, 0.25) is 5.95 Å². The summed E-state index contributed by atoms with van der Waals surface area (Å²) in [6.45, 7) is 5.57. The fraction of sp³-hybridized carbons (Fsp3) is 0.231. The quantitative estimate of drug-likeness (QED) is 0.123. The molecule has 0 saturated heterocycles. The first-order valence-electron chi connectivity index (χ1n) is 12.0. The molecule has 1 aliphatic rings. The molecule has 0 saturated carbocycles. The van der Waals surface area contributed by atoms with Crippen molar-refractivity contribution >= 4 is 56.3 Å². The van der Waals surface area contributed by atoms with Crippen LogP contribution in [0.4, 0.5) is 34.9 Å². The molecule has 0 aliphatic carbocycles. The molecule has 2 heterocycles. The Morgan fingerprint density at radius 1 is 1.17 bits per heavy atom. The minimum atomic E-state index is -4.69. The zero-order valence-electron chi connectivity index (χ0n) is 22.0. The first kappa shape index (κ1) is 31.0. The number of carbonyl (C=O) groups is 1. The molecule has 1 aromatic heterocycles. The summed E-state index contributed by atoms with van der Waals surface area (Å²) in [5.41, 5.74) is 0.954. The number of carbonyl (C=O) groups excluding carboxylic acids is 1. The van der Waals surface area contributed by atoms with Crippen LogP contribution in [0.2, 0.25) is 5.02 Å². The third-order valence-corrected chi connectivity index (χ3v) is 6.37. The van der Waals surface area contributed by atoms with Crippen molar-refractivity contribution < 1.29 is 44.6 Å². The zero-order valence-corrected chi connectivity index (χ0v) is 23.6. The Morgan fingerprint density at radius 3 is 2.45 bits per heavy atom. The standard InChI is InChI=1S/C26H21ClF4N4O2.H2O4S/c1-12-5-4-6-16(27)20(12)34-24-33-19-10-14(22-15(21(19)35-24)11-25(2,3)37-22)23(36)32-18-9-13(26(29,30)31)7-8-17(18)28;1-5(2,3)4/h4-10H,11H2,1-3H3,(H,32,36)(H2,33,34,35);(H2,1,2,3,4). The topological polar surface area (TPSA) is 154 Å². The van der Waals surface area contributed by atoms with E-state index < -0.39 is 45.2 Å². The predicted octanol–water partition coefficient (Wildman–Crippen LogP) is 6.74. The maximum atomic E-state index is 14.3. The van der Waals surface area contributed by atoms with Gasteiger partial charge >= 0.3 is 16.6 Å². The van der Waals surface area contributed by atoms with Crippen molar-refractivity contribution in [2.45, 2.75) is 39.0 Å². The number of nitrogens with zero attached hydrogens (tertiary/aromatic N) is 1. The molecule has 16 heteroatoms. The van der Waals surface area contributed by atoms with Gasteiger partial charge in [-0.15, -0.1) is 0 Å². The maximum absolute atomic E-state index is 14.3. The molecule has 0 atom stereocenters. The molecule has 0 radical (unpaired) electrons. The van der Waals surface area contributed by atoms with Gasteiger partial charge < -0.3 is 20.4 Å². The highest BCUT2D eigenvalue weighted by Crippen LogP contribution is 2.43. The van der Waals surface area contributed by atoms with Crippen molar-refractivity contribution in [3.05, 3.63) is 75.6 Å². The Bertz CT molecular complexity index is 1780. The van der Waals surface area contributed by atoms with Crippen LogP contribution in [0, 0.1) is 12.7 Å². The van der Waals surface area contributed by atoms with Gasteiger partial charge in [0.05, 0.1) is 38.6 Å².